The Hall–Kier alpha value is -3.74. The molecule has 12 heteroatoms. The molecule has 4 aromatic rings. The van der Waals surface area contributed by atoms with Crippen LogP contribution in [0.2, 0.25) is 0 Å². The number of hydrogen-bond acceptors (Lipinski definition) is 9. The summed E-state index contributed by atoms with van der Waals surface area (Å²) in [5, 5.41) is 15.6. The van der Waals surface area contributed by atoms with Gasteiger partial charge in [0, 0.05) is 11.6 Å². The van der Waals surface area contributed by atoms with Crippen LogP contribution in [-0.2, 0) is 10.1 Å². The first kappa shape index (κ1) is 20.5. The third kappa shape index (κ3) is 4.55. The summed E-state index contributed by atoms with van der Waals surface area (Å²) in [6.45, 7) is 0. The van der Waals surface area contributed by atoms with E-state index in [-0.39, 0.29) is 16.4 Å². The molecule has 0 fully saturated rings. The number of fused-ring (bicyclic) bond motifs is 1. The monoisotopic (exact) mass is 455 g/mol. The lowest BCUT2D eigenvalue weighted by atomic mass is 10.1. The molecular formula is C19H13N5O5S2. The Labute approximate surface area is 179 Å². The fraction of sp³-hybridized carbons (Fsp3) is 0. The van der Waals surface area contributed by atoms with Crippen molar-refractivity contribution in [2.75, 3.05) is 5.43 Å². The van der Waals surface area contributed by atoms with Gasteiger partial charge in [-0.2, -0.15) is 13.5 Å². The van der Waals surface area contributed by atoms with Crippen molar-refractivity contribution in [1.29, 1.82) is 0 Å². The van der Waals surface area contributed by atoms with Crippen LogP contribution in [0.25, 0.3) is 10.2 Å². The highest BCUT2D eigenvalue weighted by atomic mass is 32.2. The molecule has 0 saturated heterocycles. The Bertz CT molecular complexity index is 1380. The largest absolute Gasteiger partial charge is 0.294 e. The summed E-state index contributed by atoms with van der Waals surface area (Å²) in [5.74, 6) is 0.246. The summed E-state index contributed by atoms with van der Waals surface area (Å²) in [4.78, 5) is 18.4. The van der Waals surface area contributed by atoms with Crippen LogP contribution in [-0.4, -0.2) is 33.6 Å². The van der Waals surface area contributed by atoms with Gasteiger partial charge in [0.25, 0.3) is 15.8 Å². The molecule has 0 amide bonds. The molecule has 156 valence electrons. The number of anilines is 1. The Balaban J connectivity index is 1.79. The predicted octanol–water partition coefficient (Wildman–Crippen LogP) is 3.71. The van der Waals surface area contributed by atoms with E-state index in [1.165, 1.54) is 41.7 Å². The summed E-state index contributed by atoms with van der Waals surface area (Å²) in [7, 11) is -4.41. The second kappa shape index (κ2) is 8.18. The molecule has 2 aromatic carbocycles. The maximum atomic E-state index is 11.6. The Morgan fingerprint density at radius 3 is 2.61 bits per heavy atom. The predicted molar refractivity (Wildman–Crippen MR) is 116 cm³/mol. The number of rotatable bonds is 6. The van der Waals surface area contributed by atoms with E-state index < -0.39 is 15.0 Å². The minimum Gasteiger partial charge on any atom is -0.282 e. The minimum absolute atomic E-state index is 0.165. The van der Waals surface area contributed by atoms with Crippen molar-refractivity contribution in [1.82, 2.24) is 9.97 Å². The number of hydrogen-bond donors (Lipinski definition) is 2. The van der Waals surface area contributed by atoms with Gasteiger partial charge in [-0.15, -0.1) is 11.3 Å². The summed E-state index contributed by atoms with van der Waals surface area (Å²) in [5.41, 5.74) is 4.00. The summed E-state index contributed by atoms with van der Waals surface area (Å²) in [6.07, 6.45) is 1.09. The van der Waals surface area contributed by atoms with Gasteiger partial charge in [0.05, 0.1) is 20.0 Å². The van der Waals surface area contributed by atoms with E-state index in [1.807, 2.05) is 24.3 Å². The summed E-state index contributed by atoms with van der Waals surface area (Å²) >= 11 is 1.35. The third-order valence-corrected chi connectivity index (χ3v) is 6.04. The highest BCUT2D eigenvalue weighted by Gasteiger charge is 2.17. The van der Waals surface area contributed by atoms with E-state index in [9.17, 15) is 23.1 Å². The van der Waals surface area contributed by atoms with Gasteiger partial charge in [0.2, 0.25) is 0 Å². The van der Waals surface area contributed by atoms with E-state index in [4.69, 9.17) is 0 Å². The maximum absolute atomic E-state index is 11.6. The van der Waals surface area contributed by atoms with Crippen LogP contribution < -0.4 is 5.43 Å². The molecule has 10 nitrogen and oxygen atoms in total. The van der Waals surface area contributed by atoms with Gasteiger partial charge in [0.1, 0.15) is 22.7 Å². The van der Waals surface area contributed by atoms with Crippen LogP contribution in [0.15, 0.2) is 76.9 Å². The first-order valence-corrected chi connectivity index (χ1v) is 10.9. The van der Waals surface area contributed by atoms with Crippen molar-refractivity contribution in [2.24, 2.45) is 5.10 Å². The molecule has 0 spiro atoms. The topological polar surface area (TPSA) is 148 Å². The molecule has 2 N–H and O–H groups in total. The van der Waals surface area contributed by atoms with Crippen molar-refractivity contribution in [3.63, 3.8) is 0 Å². The van der Waals surface area contributed by atoms with Gasteiger partial charge in [-0.25, -0.2) is 9.97 Å². The summed E-state index contributed by atoms with van der Waals surface area (Å²) in [6, 6.07) is 15.8. The van der Waals surface area contributed by atoms with Gasteiger partial charge in [-0.1, -0.05) is 24.3 Å². The first-order chi connectivity index (χ1) is 14.8. The highest BCUT2D eigenvalue weighted by molar-refractivity contribution is 7.85. The fourth-order valence-electron chi connectivity index (χ4n) is 2.69. The third-order valence-electron chi connectivity index (χ3n) is 4.14. The van der Waals surface area contributed by atoms with E-state index >= 15 is 0 Å². The lowest BCUT2D eigenvalue weighted by Gasteiger charge is -2.07. The smallest absolute Gasteiger partial charge is 0.282 e. The quantitative estimate of drug-likeness (QED) is 0.193. The molecule has 31 heavy (non-hydrogen) atoms. The minimum atomic E-state index is -4.41. The number of pyridine rings is 1. The molecule has 0 atom stereocenters. The zero-order chi connectivity index (χ0) is 22.0. The number of thiazole rings is 1. The van der Waals surface area contributed by atoms with Gasteiger partial charge in [-0.3, -0.25) is 20.1 Å². The molecule has 2 heterocycles. The lowest BCUT2D eigenvalue weighted by Crippen LogP contribution is -2.08. The average molecular weight is 455 g/mol. The number of nitrogens with zero attached hydrogens (tertiary/aromatic N) is 4. The normalized spacial score (nSPS) is 12.1. The molecule has 0 saturated carbocycles. The molecule has 0 aliphatic heterocycles. The van der Waals surface area contributed by atoms with Crippen LogP contribution in [0, 0.1) is 10.1 Å². The van der Waals surface area contributed by atoms with Crippen molar-refractivity contribution in [3.8, 4) is 0 Å². The van der Waals surface area contributed by atoms with Crippen LogP contribution >= 0.6 is 11.3 Å². The average Bonchev–Trinajstić information content (AvgIpc) is 3.18. The van der Waals surface area contributed by atoms with Crippen LogP contribution in [0.3, 0.4) is 0 Å². The Morgan fingerprint density at radius 2 is 1.94 bits per heavy atom. The Morgan fingerprint density at radius 1 is 1.13 bits per heavy atom. The fourth-order valence-corrected chi connectivity index (χ4v) is 4.19. The van der Waals surface area contributed by atoms with Crippen molar-refractivity contribution >= 4 is 48.9 Å². The highest BCUT2D eigenvalue weighted by Crippen LogP contribution is 2.25. The van der Waals surface area contributed by atoms with Crippen LogP contribution in [0.5, 0.6) is 0 Å². The maximum Gasteiger partial charge on any atom is 0.294 e. The van der Waals surface area contributed by atoms with E-state index in [0.29, 0.717) is 16.3 Å². The first-order valence-electron chi connectivity index (χ1n) is 8.69. The van der Waals surface area contributed by atoms with E-state index in [1.54, 1.807) is 6.07 Å². The van der Waals surface area contributed by atoms with Gasteiger partial charge < -0.3 is 0 Å². The number of nitro groups is 1. The molecule has 0 bridgehead atoms. The molecule has 0 aliphatic rings. The SMILES string of the molecule is O=[N+]([O-])c1ccc(N/N=C(/c2cccc(S(=O)(=O)O)c2)c2nc3ccccc3s2)nc1. The number of aromatic nitrogens is 2. The van der Waals surface area contributed by atoms with E-state index in [2.05, 4.69) is 20.5 Å². The second-order valence-corrected chi connectivity index (χ2v) is 8.67. The van der Waals surface area contributed by atoms with Crippen molar-refractivity contribution in [3.05, 3.63) is 87.5 Å². The van der Waals surface area contributed by atoms with Crippen LogP contribution in [0.4, 0.5) is 11.5 Å². The number of hydrazone groups is 1. The van der Waals surface area contributed by atoms with Gasteiger partial charge in [-0.05, 0) is 30.3 Å². The molecule has 0 unspecified atom stereocenters. The van der Waals surface area contributed by atoms with Crippen LogP contribution in [0.1, 0.15) is 10.6 Å². The van der Waals surface area contributed by atoms with Gasteiger partial charge in [0.15, 0.2) is 0 Å². The lowest BCUT2D eigenvalue weighted by molar-refractivity contribution is -0.385. The van der Waals surface area contributed by atoms with Crippen molar-refractivity contribution in [2.45, 2.75) is 4.90 Å². The second-order valence-electron chi connectivity index (χ2n) is 6.22. The molecule has 0 aliphatic carbocycles. The number of nitrogens with one attached hydrogen (secondary N) is 1. The zero-order valence-electron chi connectivity index (χ0n) is 15.5. The molecule has 2 aromatic heterocycles. The summed E-state index contributed by atoms with van der Waals surface area (Å²) < 4.78 is 33.5. The number of para-hydroxylation sites is 1. The molecular weight excluding hydrogens is 442 g/mol. The number of benzene rings is 2. The Kier molecular flexibility index (Phi) is 5.42. The van der Waals surface area contributed by atoms with Gasteiger partial charge >= 0.3 is 0 Å². The molecule has 0 radical (unpaired) electrons. The van der Waals surface area contributed by atoms with Crippen molar-refractivity contribution < 1.29 is 17.9 Å². The van der Waals surface area contributed by atoms with E-state index in [0.717, 1.165) is 16.4 Å². The molecule has 4 rings (SSSR count). The zero-order valence-corrected chi connectivity index (χ0v) is 17.2. The standard InChI is InChI=1S/C19H13N5O5S2/c25-24(26)13-8-9-17(20-11-13)22-23-18(12-4-3-5-14(10-12)31(27,28)29)19-21-15-6-1-2-7-16(15)30-19/h1-11H,(H,20,22)(H,27,28,29)/b23-18-.